The van der Waals surface area contributed by atoms with Gasteiger partial charge in [0.05, 0.1) is 31.1 Å². The number of hydrogen-bond acceptors (Lipinski definition) is 6. The second-order valence-electron chi connectivity index (χ2n) is 6.50. The fourth-order valence-corrected chi connectivity index (χ4v) is 5.64. The number of nitrogens with zero attached hydrogens (tertiary/aromatic N) is 4. The van der Waals surface area contributed by atoms with Gasteiger partial charge in [0.25, 0.3) is 0 Å². The van der Waals surface area contributed by atoms with E-state index in [1.54, 1.807) is 37.1 Å². The lowest BCUT2D eigenvalue weighted by molar-refractivity contribution is -0.131. The number of likely N-dealkylation sites (N-methyl/N-ethyl adjacent to an activating group) is 1. The molecule has 3 heterocycles. The van der Waals surface area contributed by atoms with Gasteiger partial charge in [0.2, 0.25) is 15.9 Å². The van der Waals surface area contributed by atoms with Crippen LogP contribution in [0.4, 0.5) is 0 Å². The molecule has 2 aromatic heterocycles. The van der Waals surface area contributed by atoms with Crippen molar-refractivity contribution < 1.29 is 17.9 Å². The van der Waals surface area contributed by atoms with E-state index in [4.69, 9.17) is 4.74 Å². The minimum atomic E-state index is -3.65. The van der Waals surface area contributed by atoms with Gasteiger partial charge in [0.1, 0.15) is 11.4 Å². The molecule has 3 rings (SSSR count). The molecule has 1 fully saturated rings. The van der Waals surface area contributed by atoms with Crippen LogP contribution < -0.4 is 0 Å². The summed E-state index contributed by atoms with van der Waals surface area (Å²) in [5.74, 6) is -0.121. The lowest BCUT2D eigenvalue weighted by Crippen LogP contribution is -2.41. The zero-order valence-electron chi connectivity index (χ0n) is 15.7. The standard InChI is InChI=1S/C17H24N4O4S2/c1-13-17(27(23,24)20-6-8-25-9-7-20)14(2)21(18-13)12-16(22)19(3)11-15-5-4-10-26-15/h4-5,10H,6-9,11-12H2,1-3H3. The Morgan fingerprint density at radius 2 is 2.04 bits per heavy atom. The number of carbonyl (C=O) groups excluding carboxylic acids is 1. The molecule has 0 bridgehead atoms. The van der Waals surface area contributed by atoms with E-state index in [2.05, 4.69) is 5.10 Å². The Kier molecular flexibility index (Phi) is 5.99. The quantitative estimate of drug-likeness (QED) is 0.713. The zero-order chi connectivity index (χ0) is 19.6. The maximum absolute atomic E-state index is 13.0. The molecule has 0 unspecified atom stereocenters. The molecule has 0 N–H and O–H groups in total. The van der Waals surface area contributed by atoms with Crippen molar-refractivity contribution in [3.63, 3.8) is 0 Å². The maximum atomic E-state index is 13.0. The maximum Gasteiger partial charge on any atom is 0.246 e. The summed E-state index contributed by atoms with van der Waals surface area (Å²) in [5.41, 5.74) is 0.893. The first-order valence-corrected chi connectivity index (χ1v) is 11.0. The van der Waals surface area contributed by atoms with Crippen LogP contribution >= 0.6 is 11.3 Å². The van der Waals surface area contributed by atoms with E-state index in [-0.39, 0.29) is 17.3 Å². The normalized spacial score (nSPS) is 15.8. The van der Waals surface area contributed by atoms with Crippen LogP contribution in [-0.4, -0.2) is 66.7 Å². The summed E-state index contributed by atoms with van der Waals surface area (Å²) in [4.78, 5) is 15.5. The number of amides is 1. The highest BCUT2D eigenvalue weighted by Gasteiger charge is 2.32. The SMILES string of the molecule is Cc1nn(CC(=O)N(C)Cc2cccs2)c(C)c1S(=O)(=O)N1CCOCC1. The van der Waals surface area contributed by atoms with Gasteiger partial charge in [-0.25, -0.2) is 8.42 Å². The monoisotopic (exact) mass is 412 g/mol. The summed E-state index contributed by atoms with van der Waals surface area (Å²) in [5, 5.41) is 6.30. The van der Waals surface area contributed by atoms with Crippen molar-refractivity contribution in [1.29, 1.82) is 0 Å². The summed E-state index contributed by atoms with van der Waals surface area (Å²) in [6, 6.07) is 3.92. The van der Waals surface area contributed by atoms with Gasteiger partial charge >= 0.3 is 0 Å². The highest BCUT2D eigenvalue weighted by molar-refractivity contribution is 7.89. The predicted octanol–water partition coefficient (Wildman–Crippen LogP) is 1.24. The van der Waals surface area contributed by atoms with Crippen LogP contribution in [0.1, 0.15) is 16.3 Å². The molecule has 148 valence electrons. The molecule has 1 aliphatic rings. The van der Waals surface area contributed by atoms with Crippen molar-refractivity contribution in [2.45, 2.75) is 31.8 Å². The molecule has 8 nitrogen and oxygen atoms in total. The van der Waals surface area contributed by atoms with Gasteiger partial charge in [-0.05, 0) is 25.3 Å². The van der Waals surface area contributed by atoms with Crippen LogP contribution in [0.15, 0.2) is 22.4 Å². The molecular weight excluding hydrogens is 388 g/mol. The van der Waals surface area contributed by atoms with Crippen molar-refractivity contribution in [2.24, 2.45) is 0 Å². The van der Waals surface area contributed by atoms with E-state index in [0.717, 1.165) is 4.88 Å². The molecule has 1 amide bonds. The number of sulfonamides is 1. The van der Waals surface area contributed by atoms with E-state index < -0.39 is 10.0 Å². The Hall–Kier alpha value is -1.75. The number of aromatic nitrogens is 2. The fourth-order valence-electron chi connectivity index (χ4n) is 3.10. The van der Waals surface area contributed by atoms with Gasteiger partial charge in [0, 0.05) is 25.0 Å². The van der Waals surface area contributed by atoms with Crippen LogP contribution in [0.2, 0.25) is 0 Å². The number of hydrogen-bond donors (Lipinski definition) is 0. The molecule has 0 spiro atoms. The lowest BCUT2D eigenvalue weighted by atomic mass is 10.4. The topological polar surface area (TPSA) is 84.7 Å². The molecule has 0 radical (unpaired) electrons. The van der Waals surface area contributed by atoms with Crippen LogP contribution in [-0.2, 0) is 32.6 Å². The minimum absolute atomic E-state index is 0.00712. The molecule has 27 heavy (non-hydrogen) atoms. The largest absolute Gasteiger partial charge is 0.379 e. The average molecular weight is 413 g/mol. The third kappa shape index (κ3) is 4.23. The molecule has 2 aromatic rings. The van der Waals surface area contributed by atoms with Gasteiger partial charge in [-0.2, -0.15) is 9.40 Å². The van der Waals surface area contributed by atoms with E-state index in [1.165, 1.54) is 8.99 Å². The van der Waals surface area contributed by atoms with E-state index in [0.29, 0.717) is 44.2 Å². The Morgan fingerprint density at radius 1 is 1.33 bits per heavy atom. The first kappa shape index (κ1) is 20.0. The molecular formula is C17H24N4O4S2. The van der Waals surface area contributed by atoms with E-state index in [1.807, 2.05) is 17.5 Å². The number of aryl methyl sites for hydroxylation is 1. The lowest BCUT2D eigenvalue weighted by Gasteiger charge is -2.26. The Balaban J connectivity index is 1.78. The van der Waals surface area contributed by atoms with Crippen molar-refractivity contribution in [3.05, 3.63) is 33.8 Å². The van der Waals surface area contributed by atoms with Crippen LogP contribution in [0.5, 0.6) is 0 Å². The van der Waals surface area contributed by atoms with Gasteiger partial charge in [-0.3, -0.25) is 9.48 Å². The third-order valence-corrected chi connectivity index (χ3v) is 7.58. The Labute approximate surface area is 163 Å². The average Bonchev–Trinajstić information content (AvgIpc) is 3.23. The summed E-state index contributed by atoms with van der Waals surface area (Å²) in [6.45, 7) is 5.32. The number of morpholine rings is 1. The number of carbonyl (C=O) groups is 1. The van der Waals surface area contributed by atoms with Crippen molar-refractivity contribution in [1.82, 2.24) is 19.0 Å². The fraction of sp³-hybridized carbons (Fsp3) is 0.529. The highest BCUT2D eigenvalue weighted by atomic mass is 32.2. The number of ether oxygens (including phenoxy) is 1. The van der Waals surface area contributed by atoms with Crippen molar-refractivity contribution in [2.75, 3.05) is 33.4 Å². The van der Waals surface area contributed by atoms with E-state index >= 15 is 0 Å². The van der Waals surface area contributed by atoms with Crippen molar-refractivity contribution >= 4 is 27.3 Å². The van der Waals surface area contributed by atoms with Crippen LogP contribution in [0.25, 0.3) is 0 Å². The summed E-state index contributed by atoms with van der Waals surface area (Å²) in [7, 11) is -1.92. The second-order valence-corrected chi connectivity index (χ2v) is 9.41. The van der Waals surface area contributed by atoms with Gasteiger partial charge in [0.15, 0.2) is 0 Å². The number of thiophene rings is 1. The first-order chi connectivity index (χ1) is 12.8. The molecule has 0 aromatic carbocycles. The second kappa shape index (κ2) is 8.09. The molecule has 10 heteroatoms. The smallest absolute Gasteiger partial charge is 0.246 e. The van der Waals surface area contributed by atoms with Gasteiger partial charge in [-0.1, -0.05) is 6.07 Å². The molecule has 0 aliphatic carbocycles. The predicted molar refractivity (Wildman–Crippen MR) is 102 cm³/mol. The summed E-state index contributed by atoms with van der Waals surface area (Å²) in [6.07, 6.45) is 0. The first-order valence-electron chi connectivity index (χ1n) is 8.69. The van der Waals surface area contributed by atoms with Crippen LogP contribution in [0.3, 0.4) is 0 Å². The minimum Gasteiger partial charge on any atom is -0.379 e. The van der Waals surface area contributed by atoms with Crippen LogP contribution in [0, 0.1) is 13.8 Å². The number of rotatable bonds is 6. The summed E-state index contributed by atoms with van der Waals surface area (Å²) < 4.78 is 34.1. The molecule has 1 saturated heterocycles. The van der Waals surface area contributed by atoms with Crippen molar-refractivity contribution in [3.8, 4) is 0 Å². The zero-order valence-corrected chi connectivity index (χ0v) is 17.3. The molecule has 0 atom stereocenters. The van der Waals surface area contributed by atoms with Gasteiger partial charge < -0.3 is 9.64 Å². The molecule has 1 aliphatic heterocycles. The Morgan fingerprint density at radius 3 is 2.67 bits per heavy atom. The summed E-state index contributed by atoms with van der Waals surface area (Å²) >= 11 is 1.59. The van der Waals surface area contributed by atoms with Gasteiger partial charge in [-0.15, -0.1) is 11.3 Å². The highest BCUT2D eigenvalue weighted by Crippen LogP contribution is 2.24. The van der Waals surface area contributed by atoms with E-state index in [9.17, 15) is 13.2 Å². The Bertz CT molecular complexity index is 900. The third-order valence-electron chi connectivity index (χ3n) is 4.57. The molecule has 0 saturated carbocycles.